The van der Waals surface area contributed by atoms with Crippen LogP contribution in [0.25, 0.3) is 0 Å². The normalized spacial score (nSPS) is 18.4. The minimum atomic E-state index is -0.216. The third-order valence-corrected chi connectivity index (χ3v) is 5.35. The van der Waals surface area contributed by atoms with Crippen molar-refractivity contribution in [1.82, 2.24) is 15.5 Å². The van der Waals surface area contributed by atoms with E-state index in [1.165, 1.54) is 6.42 Å². The molecule has 154 valence electrons. The molecule has 1 aromatic carbocycles. The summed E-state index contributed by atoms with van der Waals surface area (Å²) in [6, 6.07) is 8.47. The molecule has 0 spiro atoms. The Hall–Kier alpha value is -2.44. The van der Waals surface area contributed by atoms with Gasteiger partial charge in [0.2, 0.25) is 0 Å². The molecule has 3 rings (SSSR count). The fraction of sp³-hybridized carbons (Fsp3) is 0.619. The average molecular weight is 389 g/mol. The van der Waals surface area contributed by atoms with Crippen molar-refractivity contribution in [3.05, 3.63) is 29.8 Å². The van der Waals surface area contributed by atoms with Crippen molar-refractivity contribution in [2.75, 3.05) is 26.7 Å². The minimum absolute atomic E-state index is 0.216. The van der Waals surface area contributed by atoms with Gasteiger partial charge in [0, 0.05) is 38.3 Å². The third-order valence-electron chi connectivity index (χ3n) is 5.35. The van der Waals surface area contributed by atoms with E-state index in [1.807, 2.05) is 25.1 Å². The first-order valence-electron chi connectivity index (χ1n) is 10.3. The van der Waals surface area contributed by atoms with Gasteiger partial charge in [0.15, 0.2) is 5.96 Å². The molecule has 1 aliphatic heterocycles. The first-order valence-corrected chi connectivity index (χ1v) is 10.3. The van der Waals surface area contributed by atoms with Crippen molar-refractivity contribution in [3.63, 3.8) is 0 Å². The molecule has 0 atom stereocenters. The summed E-state index contributed by atoms with van der Waals surface area (Å²) in [6.07, 6.45) is 5.46. The van der Waals surface area contributed by atoms with E-state index in [1.54, 1.807) is 11.9 Å². The van der Waals surface area contributed by atoms with Gasteiger partial charge < -0.3 is 25.0 Å². The predicted octanol–water partition coefficient (Wildman–Crippen LogP) is 2.90. The van der Waals surface area contributed by atoms with Gasteiger partial charge in [-0.25, -0.2) is 4.79 Å². The molecule has 2 fully saturated rings. The van der Waals surface area contributed by atoms with Gasteiger partial charge in [-0.15, -0.1) is 0 Å². The fourth-order valence-corrected chi connectivity index (χ4v) is 3.42. The van der Waals surface area contributed by atoms with Crippen LogP contribution in [0.2, 0.25) is 0 Å². The topological polar surface area (TPSA) is 75.2 Å². The first-order chi connectivity index (χ1) is 13.7. The Morgan fingerprint density at radius 2 is 1.96 bits per heavy atom. The Bertz CT molecular complexity index is 667. The summed E-state index contributed by atoms with van der Waals surface area (Å²) in [4.78, 5) is 17.9. The van der Waals surface area contributed by atoms with Gasteiger partial charge in [0.1, 0.15) is 5.75 Å². The summed E-state index contributed by atoms with van der Waals surface area (Å²) >= 11 is 0. The van der Waals surface area contributed by atoms with Crippen LogP contribution in [0.15, 0.2) is 29.3 Å². The second-order valence-electron chi connectivity index (χ2n) is 7.31. The summed E-state index contributed by atoms with van der Waals surface area (Å²) in [5.41, 5.74) is 1.13. The molecule has 1 aliphatic carbocycles. The number of likely N-dealkylation sites (tertiary alicyclic amines) is 1. The lowest BCUT2D eigenvalue weighted by Gasteiger charge is -2.32. The number of guanidine groups is 1. The number of amides is 1. The van der Waals surface area contributed by atoms with Gasteiger partial charge in [-0.1, -0.05) is 18.2 Å². The highest BCUT2D eigenvalue weighted by atomic mass is 16.6. The number of hydrogen-bond donors (Lipinski definition) is 2. The zero-order valence-corrected chi connectivity index (χ0v) is 16.9. The van der Waals surface area contributed by atoms with E-state index in [9.17, 15) is 4.79 Å². The van der Waals surface area contributed by atoms with E-state index < -0.39 is 0 Å². The second-order valence-corrected chi connectivity index (χ2v) is 7.31. The maximum atomic E-state index is 11.8. The van der Waals surface area contributed by atoms with Crippen molar-refractivity contribution in [2.45, 2.75) is 57.7 Å². The van der Waals surface area contributed by atoms with Crippen LogP contribution < -0.4 is 15.4 Å². The Kier molecular flexibility index (Phi) is 7.39. The largest absolute Gasteiger partial charge is 0.490 e. The molecule has 1 saturated carbocycles. The smallest absolute Gasteiger partial charge is 0.409 e. The van der Waals surface area contributed by atoms with Crippen LogP contribution in [-0.4, -0.2) is 55.8 Å². The number of nitrogens with zero attached hydrogens (tertiary/aromatic N) is 2. The number of para-hydroxylation sites is 1. The summed E-state index contributed by atoms with van der Waals surface area (Å²) in [6.45, 7) is 4.30. The molecule has 7 heteroatoms. The molecule has 0 radical (unpaired) electrons. The monoisotopic (exact) mass is 388 g/mol. The molecule has 0 aromatic heterocycles. The van der Waals surface area contributed by atoms with E-state index in [-0.39, 0.29) is 6.09 Å². The van der Waals surface area contributed by atoms with Crippen molar-refractivity contribution in [1.29, 1.82) is 0 Å². The highest BCUT2D eigenvalue weighted by Gasteiger charge is 2.24. The zero-order chi connectivity index (χ0) is 19.8. The first kappa shape index (κ1) is 20.3. The van der Waals surface area contributed by atoms with Crippen molar-refractivity contribution < 1.29 is 14.3 Å². The quantitative estimate of drug-likeness (QED) is 0.579. The number of rotatable bonds is 6. The number of hydrogen-bond acceptors (Lipinski definition) is 4. The van der Waals surface area contributed by atoms with Crippen LogP contribution >= 0.6 is 0 Å². The lowest BCUT2D eigenvalue weighted by molar-refractivity contribution is 0.0963. The third kappa shape index (κ3) is 5.53. The number of ether oxygens (including phenoxy) is 2. The van der Waals surface area contributed by atoms with E-state index >= 15 is 0 Å². The van der Waals surface area contributed by atoms with E-state index in [2.05, 4.69) is 21.7 Å². The van der Waals surface area contributed by atoms with Crippen molar-refractivity contribution in [3.8, 4) is 5.75 Å². The summed E-state index contributed by atoms with van der Waals surface area (Å²) in [7, 11) is 1.78. The highest BCUT2D eigenvalue weighted by molar-refractivity contribution is 5.80. The number of aliphatic imine (C=N–C) groups is 1. The Morgan fingerprint density at radius 3 is 2.61 bits per heavy atom. The SMILES string of the molecule is CCOC(=O)N1CCC(NC(=NC)NCc2ccccc2OC2CCC2)CC1. The molecule has 1 amide bonds. The van der Waals surface area contributed by atoms with E-state index in [0.29, 0.717) is 38.4 Å². The number of nitrogens with one attached hydrogen (secondary N) is 2. The van der Waals surface area contributed by atoms with Gasteiger partial charge in [-0.2, -0.15) is 0 Å². The van der Waals surface area contributed by atoms with Gasteiger partial charge in [-0.3, -0.25) is 4.99 Å². The van der Waals surface area contributed by atoms with Crippen LogP contribution in [0.5, 0.6) is 5.75 Å². The molecule has 7 nitrogen and oxygen atoms in total. The predicted molar refractivity (Wildman–Crippen MR) is 110 cm³/mol. The molecule has 0 bridgehead atoms. The standard InChI is InChI=1S/C21H32N4O3/c1-3-27-21(26)25-13-11-17(12-14-25)24-20(22-2)23-15-16-7-4-5-10-19(16)28-18-8-6-9-18/h4-5,7,10,17-18H,3,6,8-9,11-15H2,1-2H3,(H2,22,23,24). The lowest BCUT2D eigenvalue weighted by atomic mass is 9.96. The molecule has 1 heterocycles. The molecular formula is C21H32N4O3. The molecule has 1 aromatic rings. The summed E-state index contributed by atoms with van der Waals surface area (Å²) in [5, 5.41) is 6.86. The molecule has 2 N–H and O–H groups in total. The molecular weight excluding hydrogens is 356 g/mol. The second kappa shape index (κ2) is 10.2. The van der Waals surface area contributed by atoms with Crippen LogP contribution in [0.4, 0.5) is 4.79 Å². The van der Waals surface area contributed by atoms with E-state index in [0.717, 1.165) is 43.0 Å². The van der Waals surface area contributed by atoms with Gasteiger partial charge in [0.25, 0.3) is 0 Å². The average Bonchev–Trinajstić information content (AvgIpc) is 2.69. The van der Waals surface area contributed by atoms with Crippen molar-refractivity contribution >= 4 is 12.1 Å². The maximum absolute atomic E-state index is 11.8. The van der Waals surface area contributed by atoms with Gasteiger partial charge in [-0.05, 0) is 45.1 Å². The van der Waals surface area contributed by atoms with E-state index in [4.69, 9.17) is 9.47 Å². The number of carbonyl (C=O) groups excluding carboxylic acids is 1. The minimum Gasteiger partial charge on any atom is -0.490 e. The Labute approximate surface area is 167 Å². The van der Waals surface area contributed by atoms with Crippen molar-refractivity contribution in [2.24, 2.45) is 4.99 Å². The highest BCUT2D eigenvalue weighted by Crippen LogP contribution is 2.27. The van der Waals surface area contributed by atoms with Crippen LogP contribution in [-0.2, 0) is 11.3 Å². The van der Waals surface area contributed by atoms with Crippen LogP contribution in [0.1, 0.15) is 44.6 Å². The Morgan fingerprint density at radius 1 is 1.21 bits per heavy atom. The van der Waals surface area contributed by atoms with Gasteiger partial charge >= 0.3 is 6.09 Å². The fourth-order valence-electron chi connectivity index (χ4n) is 3.42. The molecule has 2 aliphatic rings. The summed E-state index contributed by atoms with van der Waals surface area (Å²) < 4.78 is 11.2. The van der Waals surface area contributed by atoms with Gasteiger partial charge in [0.05, 0.1) is 12.7 Å². The number of benzene rings is 1. The maximum Gasteiger partial charge on any atom is 0.409 e. The summed E-state index contributed by atoms with van der Waals surface area (Å²) in [5.74, 6) is 1.73. The zero-order valence-electron chi connectivity index (χ0n) is 16.9. The number of piperidine rings is 1. The lowest BCUT2D eigenvalue weighted by Crippen LogP contribution is -2.49. The molecule has 28 heavy (non-hydrogen) atoms. The number of carbonyl (C=O) groups is 1. The van der Waals surface area contributed by atoms with Crippen LogP contribution in [0.3, 0.4) is 0 Å². The Balaban J connectivity index is 1.46. The molecule has 0 unspecified atom stereocenters. The van der Waals surface area contributed by atoms with Crippen LogP contribution in [0, 0.1) is 0 Å². The molecule has 1 saturated heterocycles.